The van der Waals surface area contributed by atoms with Crippen molar-refractivity contribution in [1.82, 2.24) is 36.1 Å². The first-order valence-corrected chi connectivity index (χ1v) is 29.3. The minimum atomic E-state index is -1.68. The van der Waals surface area contributed by atoms with E-state index in [4.69, 9.17) is 10.5 Å². The number of aliphatic hydroxyl groups is 1. The van der Waals surface area contributed by atoms with Crippen molar-refractivity contribution in [2.45, 2.75) is 162 Å². The Bertz CT molecular complexity index is 2910. The Morgan fingerprint density at radius 1 is 0.884 bits per heavy atom. The fraction of sp³-hybridized carbons (Fsp3) is 0.569. The van der Waals surface area contributed by atoms with Crippen LogP contribution in [0.2, 0.25) is 0 Å². The van der Waals surface area contributed by atoms with Gasteiger partial charge in [0.05, 0.1) is 45.3 Å². The van der Waals surface area contributed by atoms with E-state index in [1.807, 2.05) is 20.0 Å². The second-order valence-corrected chi connectivity index (χ2v) is 24.0. The van der Waals surface area contributed by atoms with Crippen LogP contribution in [-0.4, -0.2) is 145 Å². The number of aliphatic hydroxyl groups excluding tert-OH is 1. The summed E-state index contributed by atoms with van der Waals surface area (Å²) in [6, 6.07) is 19.5. The average molecular weight is 1200 g/mol. The zero-order valence-corrected chi connectivity index (χ0v) is 51.0. The number of carbonyl (C=O) groups is 4. The minimum Gasteiger partial charge on any atom is -0.453 e. The number of amides is 4. The SMILES string of the molecule is C.CCC1CCC1(F)C(C)(C)[C@H](NC(=O)OC)C(=O)NC[C@@H](O)CNCc1c(F)cc(-c2ccccn2)cc1F.CCCC(C)C(C)(F)C(C)(C)[C@H](NC(=O)OC)C(N)=O.Cc1ccc(C#Cc2ccc(N3CC4CC(C3)N4C3COC3)nc2)cc1.[HH]. The molecule has 2 aromatic carbocycles. The monoisotopic (exact) mass is 1200 g/mol. The van der Waals surface area contributed by atoms with Crippen LogP contribution >= 0.6 is 0 Å². The van der Waals surface area contributed by atoms with Crippen molar-refractivity contribution in [3.63, 3.8) is 0 Å². The number of benzene rings is 2. The molecule has 86 heavy (non-hydrogen) atoms. The number of halogens is 4. The molecule has 0 radical (unpaired) electrons. The summed E-state index contributed by atoms with van der Waals surface area (Å²) in [5.74, 6) is 4.01. The van der Waals surface area contributed by atoms with Crippen molar-refractivity contribution in [1.29, 1.82) is 0 Å². The first-order valence-electron chi connectivity index (χ1n) is 29.3. The van der Waals surface area contributed by atoms with E-state index in [1.54, 1.807) is 52.8 Å². The molecule has 4 aromatic rings. The Balaban J connectivity index is 0.000000293. The van der Waals surface area contributed by atoms with Gasteiger partial charge in [-0.1, -0.05) is 104 Å². The lowest BCUT2D eigenvalue weighted by Gasteiger charge is -2.60. The van der Waals surface area contributed by atoms with E-state index < -0.39 is 76.0 Å². The van der Waals surface area contributed by atoms with Gasteiger partial charge in [0.15, 0.2) is 0 Å². The fourth-order valence-electron chi connectivity index (χ4n) is 11.8. The van der Waals surface area contributed by atoms with Gasteiger partial charge >= 0.3 is 12.2 Å². The van der Waals surface area contributed by atoms with Crippen molar-refractivity contribution in [2.24, 2.45) is 28.4 Å². The number of anilines is 1. The lowest BCUT2D eigenvalue weighted by atomic mass is 9.54. The zero-order chi connectivity index (χ0) is 62.4. The van der Waals surface area contributed by atoms with Crippen molar-refractivity contribution in [2.75, 3.05) is 58.5 Å². The van der Waals surface area contributed by atoms with Gasteiger partial charge < -0.3 is 51.2 Å². The maximum Gasteiger partial charge on any atom is 0.407 e. The topological polar surface area (TPSA) is 223 Å². The standard InChI is InChI=1S/C28H37F3N4O4.C22H23N3O.C14H27FN2O3.CH4.H2/c1-5-18-9-10-28(18,31)27(2,3)24(35-26(38)39-4)25(37)34-15-19(36)14-32-16-20-21(29)12-17(13-22(20)30)23-8-6-7-11-33-23;1-16-2-4-17(5-3-16)6-7-18-8-9-22(23-11-18)24-12-19-10-20(13-24)25(19)21-14-26-15-21;1-7-8-9(2)14(5,15)13(3,4)10(11(16)18)17-12(19)20-6;;/h6-8,11-13,18-19,24,32,36H,5,9-10,14-16H2,1-4H3,(H,34,37)(H,35,38);2-5,8-9,11,19-21H,10,12-15H2,1H3;9-10H,7-8H2,1-6H3,(H2,16,18)(H,17,19);1H4;1H/t18?,19-,24+,28?;;9?,10-,14?;;/m0.1../s1. The first-order chi connectivity index (χ1) is 40.2. The summed E-state index contributed by atoms with van der Waals surface area (Å²) in [5.41, 5.74) is 3.35. The molecule has 6 unspecified atom stereocenters. The number of aryl methyl sites for hydroxylation is 1. The van der Waals surface area contributed by atoms with Crippen LogP contribution < -0.4 is 31.9 Å². The van der Waals surface area contributed by atoms with Crippen molar-refractivity contribution >= 4 is 29.8 Å². The third-order valence-electron chi connectivity index (χ3n) is 17.9. The van der Waals surface area contributed by atoms with E-state index in [0.29, 0.717) is 48.6 Å². The Kier molecular flexibility index (Phi) is 24.9. The molecule has 4 aliphatic heterocycles. The quantitative estimate of drug-likeness (QED) is 0.0338. The number of primary amides is 1. The summed E-state index contributed by atoms with van der Waals surface area (Å²) < 4.78 is 74.8. The number of aromatic nitrogens is 2. The van der Waals surface area contributed by atoms with Crippen molar-refractivity contribution in [3.8, 4) is 23.1 Å². The van der Waals surface area contributed by atoms with E-state index in [0.717, 1.165) is 56.8 Å². The van der Waals surface area contributed by atoms with Crippen molar-refractivity contribution in [3.05, 3.63) is 113 Å². The minimum absolute atomic E-state index is 0. The fourth-order valence-corrected chi connectivity index (χ4v) is 11.8. The number of hydrogen-bond acceptors (Lipinski definition) is 13. The summed E-state index contributed by atoms with van der Waals surface area (Å²) in [6.07, 6.45) is 5.03. The second kappa shape index (κ2) is 30.7. The molecule has 17 nitrogen and oxygen atoms in total. The molecule has 9 rings (SSSR count). The number of piperazine rings is 1. The summed E-state index contributed by atoms with van der Waals surface area (Å²) >= 11 is 0. The number of alkyl carbamates (subject to hydrolysis) is 2. The third kappa shape index (κ3) is 16.6. The molecular weight excluding hydrogens is 1110 g/mol. The highest BCUT2D eigenvalue weighted by Gasteiger charge is 2.61. The van der Waals surface area contributed by atoms with Gasteiger partial charge in [-0.05, 0) is 99.9 Å². The molecular formula is C65H93F4N9O8. The maximum atomic E-state index is 15.9. The number of hydrogen-bond donors (Lipinski definition) is 6. The number of pyridine rings is 2. The molecule has 2 aromatic heterocycles. The number of alkyl halides is 2. The van der Waals surface area contributed by atoms with Crippen LogP contribution in [0.5, 0.6) is 0 Å². The summed E-state index contributed by atoms with van der Waals surface area (Å²) in [7, 11) is 2.32. The Labute approximate surface area is 507 Å². The molecule has 4 saturated heterocycles. The van der Waals surface area contributed by atoms with Gasteiger partial charge in [-0.25, -0.2) is 32.1 Å². The number of fused-ring (bicyclic) bond motifs is 2. The maximum absolute atomic E-state index is 15.9. The van der Waals surface area contributed by atoms with Crippen LogP contribution in [0, 0.1) is 53.1 Å². The van der Waals surface area contributed by atoms with E-state index >= 15 is 8.78 Å². The van der Waals surface area contributed by atoms with Gasteiger partial charge in [0.25, 0.3) is 0 Å². The first kappa shape index (κ1) is 69.9. The Hall–Kier alpha value is -6.86. The van der Waals surface area contributed by atoms with Gasteiger partial charge in [0.1, 0.15) is 40.9 Å². The predicted molar refractivity (Wildman–Crippen MR) is 327 cm³/mol. The highest BCUT2D eigenvalue weighted by atomic mass is 19.2. The molecule has 1 saturated carbocycles. The Morgan fingerprint density at radius 3 is 1.99 bits per heavy atom. The highest BCUT2D eigenvalue weighted by molar-refractivity contribution is 5.87. The number of nitrogens with one attached hydrogen (secondary N) is 4. The van der Waals surface area contributed by atoms with E-state index in [9.17, 15) is 33.1 Å². The summed E-state index contributed by atoms with van der Waals surface area (Å²) in [6.45, 7) is 19.0. The van der Waals surface area contributed by atoms with Crippen LogP contribution in [0.4, 0.5) is 33.0 Å². The van der Waals surface area contributed by atoms with Gasteiger partial charge in [-0.15, -0.1) is 0 Å². The molecule has 4 amide bonds. The molecule has 474 valence electrons. The molecule has 9 atom stereocenters. The van der Waals surface area contributed by atoms with Crippen LogP contribution in [0.25, 0.3) is 11.3 Å². The predicted octanol–water partition coefficient (Wildman–Crippen LogP) is 9.59. The highest BCUT2D eigenvalue weighted by Crippen LogP contribution is 2.56. The molecule has 6 heterocycles. The van der Waals surface area contributed by atoms with Crippen LogP contribution in [-0.2, 0) is 30.3 Å². The average Bonchev–Trinajstić information content (AvgIpc) is 0.979. The third-order valence-corrected chi connectivity index (χ3v) is 17.9. The number of methoxy groups -OCH3 is 2. The smallest absolute Gasteiger partial charge is 0.407 e. The van der Waals surface area contributed by atoms with Gasteiger partial charge in [0.2, 0.25) is 11.8 Å². The molecule has 7 N–H and O–H groups in total. The molecule has 0 spiro atoms. The largest absolute Gasteiger partial charge is 0.453 e. The molecule has 5 aliphatic rings. The van der Waals surface area contributed by atoms with Crippen LogP contribution in [0.3, 0.4) is 0 Å². The number of nitrogens with two attached hydrogens (primary N) is 1. The van der Waals surface area contributed by atoms with Crippen molar-refractivity contribution < 1.29 is 57.5 Å². The Morgan fingerprint density at radius 2 is 1.49 bits per heavy atom. The molecule has 1 aliphatic carbocycles. The number of piperidine rings is 1. The molecule has 5 fully saturated rings. The van der Waals surface area contributed by atoms with Crippen LogP contribution in [0.1, 0.15) is 125 Å². The van der Waals surface area contributed by atoms with E-state index in [1.165, 1.54) is 44.3 Å². The lowest BCUT2D eigenvalue weighted by molar-refractivity contribution is -0.147. The zero-order valence-electron chi connectivity index (χ0n) is 51.0. The molecule has 21 heteroatoms. The van der Waals surface area contributed by atoms with Crippen LogP contribution in [0.15, 0.2) is 79.1 Å². The molecule has 2 bridgehead atoms. The summed E-state index contributed by atoms with van der Waals surface area (Å²) in [5, 5.41) is 20.5. The number of nitrogens with zero attached hydrogens (tertiary/aromatic N) is 4. The summed E-state index contributed by atoms with van der Waals surface area (Å²) in [4.78, 5) is 61.8. The van der Waals surface area contributed by atoms with Gasteiger partial charge in [0, 0.05) is 91.7 Å². The van der Waals surface area contributed by atoms with E-state index in [-0.39, 0.29) is 52.3 Å². The number of carbonyl (C=O) groups excluding carboxylic acids is 4. The normalized spacial score (nSPS) is 21.0. The van der Waals surface area contributed by atoms with Gasteiger partial charge in [-0.2, -0.15) is 0 Å². The van der Waals surface area contributed by atoms with E-state index in [2.05, 4.69) is 106 Å². The number of rotatable bonds is 21. The number of ether oxygens (including phenoxy) is 3. The van der Waals surface area contributed by atoms with Gasteiger partial charge in [-0.3, -0.25) is 19.5 Å². The lowest BCUT2D eigenvalue weighted by Crippen LogP contribution is -2.74. The second-order valence-electron chi connectivity index (χ2n) is 24.0.